The number of ether oxygens (including phenoxy) is 1. The Morgan fingerprint density at radius 3 is 2.43 bits per heavy atom. The summed E-state index contributed by atoms with van der Waals surface area (Å²) in [5, 5.41) is 3.16. The number of nitrogens with zero attached hydrogens (tertiary/aromatic N) is 1. The van der Waals surface area contributed by atoms with Crippen LogP contribution in [0.1, 0.15) is 16.8 Å². The number of hydrogen-bond donors (Lipinski definition) is 1. The summed E-state index contributed by atoms with van der Waals surface area (Å²) >= 11 is 0. The maximum Gasteiger partial charge on any atom is 0.573 e. The molecule has 0 aliphatic carbocycles. The maximum absolute atomic E-state index is 12.2. The van der Waals surface area contributed by atoms with Crippen LogP contribution in [0.25, 0.3) is 0 Å². The maximum atomic E-state index is 12.2. The van der Waals surface area contributed by atoms with E-state index in [9.17, 15) is 18.0 Å². The number of benzene rings is 1. The Kier molecular flexibility index (Phi) is 5.86. The molecule has 4 nitrogen and oxygen atoms in total. The largest absolute Gasteiger partial charge is 0.573 e. The smallest absolute Gasteiger partial charge is 0.406 e. The normalized spacial score (nSPS) is 18.0. The Morgan fingerprint density at radius 1 is 1.33 bits per heavy atom. The van der Waals surface area contributed by atoms with Crippen LogP contribution >= 0.6 is 12.4 Å². The molecule has 1 atom stereocenters. The van der Waals surface area contributed by atoms with Gasteiger partial charge in [-0.15, -0.1) is 25.6 Å². The van der Waals surface area contributed by atoms with Crippen LogP contribution in [-0.2, 0) is 0 Å². The van der Waals surface area contributed by atoms with Crippen LogP contribution in [0.4, 0.5) is 13.2 Å². The van der Waals surface area contributed by atoms with Gasteiger partial charge >= 0.3 is 6.36 Å². The van der Waals surface area contributed by atoms with Crippen molar-refractivity contribution in [2.75, 3.05) is 20.1 Å². The number of alkyl halides is 3. The molecule has 2 rings (SSSR count). The second-order valence-electron chi connectivity index (χ2n) is 4.63. The molecule has 0 aromatic heterocycles. The van der Waals surface area contributed by atoms with Gasteiger partial charge in [-0.2, -0.15) is 0 Å². The van der Waals surface area contributed by atoms with E-state index in [0.29, 0.717) is 5.56 Å². The van der Waals surface area contributed by atoms with Crippen LogP contribution in [0, 0.1) is 0 Å². The van der Waals surface area contributed by atoms with Crippen LogP contribution in [0.15, 0.2) is 24.3 Å². The molecule has 1 fully saturated rings. The third kappa shape index (κ3) is 4.78. The van der Waals surface area contributed by atoms with Gasteiger partial charge in [0.15, 0.2) is 0 Å². The van der Waals surface area contributed by atoms with Crippen LogP contribution in [0.2, 0.25) is 0 Å². The number of halogens is 4. The lowest BCUT2D eigenvalue weighted by Crippen LogP contribution is -2.38. The van der Waals surface area contributed by atoms with Crippen LogP contribution in [-0.4, -0.2) is 43.3 Å². The van der Waals surface area contributed by atoms with Crippen LogP contribution in [0.3, 0.4) is 0 Å². The third-order valence-electron chi connectivity index (χ3n) is 3.24. The van der Waals surface area contributed by atoms with Crippen molar-refractivity contribution in [3.05, 3.63) is 29.8 Å². The summed E-state index contributed by atoms with van der Waals surface area (Å²) in [7, 11) is 1.69. The van der Waals surface area contributed by atoms with Crippen molar-refractivity contribution in [1.82, 2.24) is 10.2 Å². The lowest BCUT2D eigenvalue weighted by atomic mass is 10.1. The molecular weight excluding hydrogens is 309 g/mol. The average Bonchev–Trinajstić information content (AvgIpc) is 2.90. The molecule has 0 bridgehead atoms. The highest BCUT2D eigenvalue weighted by atomic mass is 35.5. The molecule has 0 radical (unpaired) electrons. The van der Waals surface area contributed by atoms with E-state index >= 15 is 0 Å². The van der Waals surface area contributed by atoms with Gasteiger partial charge in [-0.3, -0.25) is 4.79 Å². The molecule has 1 unspecified atom stereocenters. The molecule has 1 saturated heterocycles. The number of nitrogens with one attached hydrogen (secondary N) is 1. The standard InChI is InChI=1S/C13H15F3N2O2.ClH/c1-18(10-6-7-17-8-10)12(19)9-2-4-11(5-3-9)20-13(14,15)16;/h2-5,10,17H,6-8H2,1H3;1H. The van der Waals surface area contributed by atoms with Gasteiger partial charge in [0, 0.05) is 25.2 Å². The van der Waals surface area contributed by atoms with Gasteiger partial charge in [0.2, 0.25) is 0 Å². The lowest BCUT2D eigenvalue weighted by Gasteiger charge is -2.23. The van der Waals surface area contributed by atoms with Crippen molar-refractivity contribution >= 4 is 18.3 Å². The summed E-state index contributed by atoms with van der Waals surface area (Å²) in [6, 6.07) is 5.07. The molecule has 118 valence electrons. The number of rotatable bonds is 3. The predicted molar refractivity (Wildman–Crippen MR) is 73.7 cm³/mol. The van der Waals surface area contributed by atoms with Crippen molar-refractivity contribution in [3.63, 3.8) is 0 Å². The summed E-state index contributed by atoms with van der Waals surface area (Å²) in [6.45, 7) is 1.60. The highest BCUT2D eigenvalue weighted by Crippen LogP contribution is 2.23. The number of hydrogen-bond acceptors (Lipinski definition) is 3. The SMILES string of the molecule is CN(C(=O)c1ccc(OC(F)(F)F)cc1)C1CCNC1.Cl. The van der Waals surface area contributed by atoms with Gasteiger partial charge in [0.25, 0.3) is 5.91 Å². The Balaban J connectivity index is 0.00000220. The van der Waals surface area contributed by atoms with Crippen molar-refractivity contribution in [1.29, 1.82) is 0 Å². The average molecular weight is 325 g/mol. The minimum atomic E-state index is -4.72. The minimum Gasteiger partial charge on any atom is -0.406 e. The lowest BCUT2D eigenvalue weighted by molar-refractivity contribution is -0.274. The molecule has 1 aromatic carbocycles. The summed E-state index contributed by atoms with van der Waals surface area (Å²) in [5.41, 5.74) is 0.342. The molecule has 8 heteroatoms. The Labute approximate surface area is 126 Å². The van der Waals surface area contributed by atoms with Crippen molar-refractivity contribution < 1.29 is 22.7 Å². The first-order chi connectivity index (χ1) is 9.37. The van der Waals surface area contributed by atoms with Gasteiger partial charge in [-0.1, -0.05) is 0 Å². The monoisotopic (exact) mass is 324 g/mol. The molecule has 0 spiro atoms. The second kappa shape index (κ2) is 7.00. The molecular formula is C13H16ClF3N2O2. The zero-order chi connectivity index (χ0) is 14.8. The van der Waals surface area contributed by atoms with Crippen LogP contribution in [0.5, 0.6) is 5.75 Å². The topological polar surface area (TPSA) is 41.6 Å². The van der Waals surface area contributed by atoms with E-state index in [4.69, 9.17) is 0 Å². The second-order valence-corrected chi connectivity index (χ2v) is 4.63. The molecule has 1 aliphatic heterocycles. The highest BCUT2D eigenvalue weighted by Gasteiger charge is 2.31. The van der Waals surface area contributed by atoms with E-state index < -0.39 is 6.36 Å². The van der Waals surface area contributed by atoms with E-state index in [1.807, 2.05) is 0 Å². The fourth-order valence-electron chi connectivity index (χ4n) is 2.14. The quantitative estimate of drug-likeness (QED) is 0.928. The summed E-state index contributed by atoms with van der Waals surface area (Å²) in [4.78, 5) is 13.8. The summed E-state index contributed by atoms with van der Waals surface area (Å²) in [6.07, 6.45) is -3.85. The first-order valence-electron chi connectivity index (χ1n) is 6.20. The zero-order valence-corrected chi connectivity index (χ0v) is 12.1. The van der Waals surface area contributed by atoms with Crippen molar-refractivity contribution in [3.8, 4) is 5.75 Å². The van der Waals surface area contributed by atoms with Gasteiger partial charge < -0.3 is 15.0 Å². The van der Waals surface area contributed by atoms with Gasteiger partial charge in [0.1, 0.15) is 5.75 Å². The Hall–Kier alpha value is -1.47. The molecule has 1 N–H and O–H groups in total. The summed E-state index contributed by atoms with van der Waals surface area (Å²) < 4.78 is 39.8. The zero-order valence-electron chi connectivity index (χ0n) is 11.3. The molecule has 1 aromatic rings. The van der Waals surface area contributed by atoms with Gasteiger partial charge in [0.05, 0.1) is 0 Å². The van der Waals surface area contributed by atoms with E-state index in [1.54, 1.807) is 11.9 Å². The molecule has 1 heterocycles. The molecule has 1 aliphatic rings. The molecule has 0 saturated carbocycles. The molecule has 21 heavy (non-hydrogen) atoms. The fraction of sp³-hybridized carbons (Fsp3) is 0.462. The van der Waals surface area contributed by atoms with Crippen molar-refractivity contribution in [2.24, 2.45) is 0 Å². The number of likely N-dealkylation sites (N-methyl/N-ethyl adjacent to an activating group) is 1. The molecule has 1 amide bonds. The van der Waals surface area contributed by atoms with E-state index in [2.05, 4.69) is 10.1 Å². The Morgan fingerprint density at radius 2 is 1.95 bits per heavy atom. The van der Waals surface area contributed by atoms with Crippen LogP contribution < -0.4 is 10.1 Å². The van der Waals surface area contributed by atoms with Gasteiger partial charge in [-0.25, -0.2) is 0 Å². The summed E-state index contributed by atoms with van der Waals surface area (Å²) in [5.74, 6) is -0.545. The van der Waals surface area contributed by atoms with E-state index in [-0.39, 0.29) is 30.1 Å². The highest BCUT2D eigenvalue weighted by molar-refractivity contribution is 5.94. The number of carbonyl (C=O) groups excluding carboxylic acids is 1. The fourth-order valence-corrected chi connectivity index (χ4v) is 2.14. The van der Waals surface area contributed by atoms with E-state index in [0.717, 1.165) is 31.6 Å². The van der Waals surface area contributed by atoms with Gasteiger partial charge in [-0.05, 0) is 37.2 Å². The Bertz CT molecular complexity index is 473. The predicted octanol–water partition coefficient (Wildman–Crippen LogP) is 2.44. The number of amides is 1. The first-order valence-corrected chi connectivity index (χ1v) is 6.20. The third-order valence-corrected chi connectivity index (χ3v) is 3.24. The van der Waals surface area contributed by atoms with E-state index in [1.165, 1.54) is 12.1 Å². The van der Waals surface area contributed by atoms with Crippen molar-refractivity contribution in [2.45, 2.75) is 18.8 Å². The number of carbonyl (C=O) groups is 1. The first kappa shape index (κ1) is 17.6. The minimum absolute atomic E-state index is 0.